The maximum Gasteiger partial charge on any atom is 0.227 e. The van der Waals surface area contributed by atoms with E-state index >= 15 is 0 Å². The molecule has 1 heterocycles. The number of carbonyl (C=O) groups is 1. The molecule has 0 N–H and O–H groups in total. The molecular weight excluding hydrogens is 272 g/mol. The zero-order valence-electron chi connectivity index (χ0n) is 10.7. The lowest BCUT2D eigenvalue weighted by Gasteiger charge is -2.34. The normalized spacial score (nSPS) is 23.5. The molecule has 1 aromatic rings. The summed E-state index contributed by atoms with van der Waals surface area (Å²) in [5.74, 6) is -1.40. The molecule has 0 radical (unpaired) electrons. The van der Waals surface area contributed by atoms with Gasteiger partial charge in [0.2, 0.25) is 5.91 Å². The van der Waals surface area contributed by atoms with E-state index in [4.69, 9.17) is 11.6 Å². The first-order valence-electron chi connectivity index (χ1n) is 6.33. The molecule has 0 aliphatic carbocycles. The minimum absolute atomic E-state index is 0.0641. The Hall–Kier alpha value is -1.16. The summed E-state index contributed by atoms with van der Waals surface area (Å²) in [6.07, 6.45) is 0.479. The molecule has 2 unspecified atom stereocenters. The zero-order valence-corrected chi connectivity index (χ0v) is 11.5. The van der Waals surface area contributed by atoms with Crippen LogP contribution in [-0.4, -0.2) is 29.3 Å². The van der Waals surface area contributed by atoms with Gasteiger partial charge in [0, 0.05) is 24.0 Å². The predicted octanol–water partition coefficient (Wildman–Crippen LogP) is 2.98. The SMILES string of the molecule is CC1CN(C(=O)Cc2c(F)cccc2F)CCC1Cl. The van der Waals surface area contributed by atoms with Crippen LogP contribution in [0.4, 0.5) is 8.78 Å². The lowest BCUT2D eigenvalue weighted by Crippen LogP contribution is -2.44. The van der Waals surface area contributed by atoms with E-state index in [0.29, 0.717) is 19.5 Å². The smallest absolute Gasteiger partial charge is 0.227 e. The fourth-order valence-electron chi connectivity index (χ4n) is 2.31. The van der Waals surface area contributed by atoms with Crippen molar-refractivity contribution < 1.29 is 13.6 Å². The highest BCUT2D eigenvalue weighted by molar-refractivity contribution is 6.20. The largest absolute Gasteiger partial charge is 0.342 e. The van der Waals surface area contributed by atoms with Gasteiger partial charge in [0.05, 0.1) is 6.42 Å². The number of carbonyl (C=O) groups excluding carboxylic acids is 1. The Morgan fingerprint density at radius 2 is 2.05 bits per heavy atom. The number of amides is 1. The van der Waals surface area contributed by atoms with Crippen LogP contribution < -0.4 is 0 Å². The van der Waals surface area contributed by atoms with Crippen LogP contribution in [0.3, 0.4) is 0 Å². The molecule has 1 amide bonds. The fraction of sp³-hybridized carbons (Fsp3) is 0.500. The Labute approximate surface area is 116 Å². The molecular formula is C14H16ClF2NO. The monoisotopic (exact) mass is 287 g/mol. The molecule has 2 rings (SSSR count). The molecule has 1 aliphatic rings. The van der Waals surface area contributed by atoms with Gasteiger partial charge in [0.25, 0.3) is 0 Å². The molecule has 1 fully saturated rings. The Morgan fingerprint density at radius 1 is 1.42 bits per heavy atom. The second kappa shape index (κ2) is 5.87. The lowest BCUT2D eigenvalue weighted by molar-refractivity contribution is -0.132. The van der Waals surface area contributed by atoms with Crippen LogP contribution in [0.1, 0.15) is 18.9 Å². The van der Waals surface area contributed by atoms with Crippen LogP contribution in [0.5, 0.6) is 0 Å². The number of alkyl halides is 1. The van der Waals surface area contributed by atoms with Gasteiger partial charge in [0.1, 0.15) is 11.6 Å². The summed E-state index contributed by atoms with van der Waals surface area (Å²) in [7, 11) is 0. The van der Waals surface area contributed by atoms with Crippen LogP contribution in [0, 0.1) is 17.6 Å². The maximum atomic E-state index is 13.5. The highest BCUT2D eigenvalue weighted by Gasteiger charge is 2.28. The van der Waals surface area contributed by atoms with Crippen molar-refractivity contribution in [1.82, 2.24) is 4.90 Å². The van der Waals surface area contributed by atoms with Crippen LogP contribution in [0.25, 0.3) is 0 Å². The Bertz CT molecular complexity index is 460. The molecule has 0 saturated carbocycles. The number of rotatable bonds is 2. The second-order valence-electron chi connectivity index (χ2n) is 5.00. The van der Waals surface area contributed by atoms with Crippen molar-refractivity contribution in [3.8, 4) is 0 Å². The number of halogens is 3. The van der Waals surface area contributed by atoms with E-state index in [9.17, 15) is 13.6 Å². The average molecular weight is 288 g/mol. The summed E-state index contributed by atoms with van der Waals surface area (Å²) >= 11 is 6.09. The molecule has 0 aromatic heterocycles. The zero-order chi connectivity index (χ0) is 14.0. The number of nitrogens with zero attached hydrogens (tertiary/aromatic N) is 1. The van der Waals surface area contributed by atoms with E-state index in [-0.39, 0.29) is 29.2 Å². The number of hydrogen-bond acceptors (Lipinski definition) is 1. The number of likely N-dealkylation sites (tertiary alicyclic amines) is 1. The molecule has 104 valence electrons. The summed E-state index contributed by atoms with van der Waals surface area (Å²) < 4.78 is 27.0. The van der Waals surface area contributed by atoms with Crippen molar-refractivity contribution in [2.24, 2.45) is 5.92 Å². The summed E-state index contributed by atoms with van der Waals surface area (Å²) in [5, 5.41) is 0.0641. The van der Waals surface area contributed by atoms with E-state index in [0.717, 1.165) is 0 Å². The molecule has 5 heteroatoms. The van der Waals surface area contributed by atoms with Gasteiger partial charge in [-0.05, 0) is 24.5 Å². The third kappa shape index (κ3) is 3.24. The molecule has 0 spiro atoms. The number of piperidine rings is 1. The van der Waals surface area contributed by atoms with Gasteiger partial charge in [-0.25, -0.2) is 8.78 Å². The topological polar surface area (TPSA) is 20.3 Å². The van der Waals surface area contributed by atoms with Gasteiger partial charge in [-0.2, -0.15) is 0 Å². The Balaban J connectivity index is 2.05. The van der Waals surface area contributed by atoms with Crippen molar-refractivity contribution in [3.05, 3.63) is 35.4 Å². The fourth-order valence-corrected chi connectivity index (χ4v) is 2.49. The van der Waals surface area contributed by atoms with E-state index in [1.54, 1.807) is 4.90 Å². The van der Waals surface area contributed by atoms with Gasteiger partial charge in [-0.15, -0.1) is 11.6 Å². The summed E-state index contributed by atoms with van der Waals surface area (Å²) in [5.41, 5.74) is -0.159. The standard InChI is InChI=1S/C14H16ClF2NO/c1-9-8-18(6-5-11(9)15)14(19)7-10-12(16)3-2-4-13(10)17/h2-4,9,11H,5-8H2,1H3. The molecule has 19 heavy (non-hydrogen) atoms. The lowest BCUT2D eigenvalue weighted by atomic mass is 9.99. The summed E-state index contributed by atoms with van der Waals surface area (Å²) in [6, 6.07) is 3.62. The van der Waals surface area contributed by atoms with Crippen molar-refractivity contribution in [1.29, 1.82) is 0 Å². The first-order valence-corrected chi connectivity index (χ1v) is 6.77. The van der Waals surface area contributed by atoms with Gasteiger partial charge in [0.15, 0.2) is 0 Å². The predicted molar refractivity (Wildman–Crippen MR) is 70.1 cm³/mol. The van der Waals surface area contributed by atoms with Crippen LogP contribution in [-0.2, 0) is 11.2 Å². The highest BCUT2D eigenvalue weighted by Crippen LogP contribution is 2.23. The maximum absolute atomic E-state index is 13.5. The van der Waals surface area contributed by atoms with Gasteiger partial charge in [-0.1, -0.05) is 13.0 Å². The Morgan fingerprint density at radius 3 is 2.63 bits per heavy atom. The van der Waals surface area contributed by atoms with Gasteiger partial charge < -0.3 is 4.90 Å². The highest BCUT2D eigenvalue weighted by atomic mass is 35.5. The molecule has 0 bridgehead atoms. The first kappa shape index (κ1) is 14.3. The average Bonchev–Trinajstić information content (AvgIpc) is 2.37. The van der Waals surface area contributed by atoms with E-state index in [1.807, 2.05) is 6.92 Å². The van der Waals surface area contributed by atoms with Crippen LogP contribution in [0.15, 0.2) is 18.2 Å². The van der Waals surface area contributed by atoms with Crippen LogP contribution in [0.2, 0.25) is 0 Å². The van der Waals surface area contributed by atoms with E-state index < -0.39 is 11.6 Å². The van der Waals surface area contributed by atoms with Gasteiger partial charge in [-0.3, -0.25) is 4.79 Å². The minimum atomic E-state index is -0.673. The molecule has 2 atom stereocenters. The third-order valence-electron chi connectivity index (χ3n) is 3.54. The molecule has 1 aliphatic heterocycles. The third-order valence-corrected chi connectivity index (χ3v) is 4.19. The Kier molecular flexibility index (Phi) is 4.40. The van der Waals surface area contributed by atoms with Crippen molar-refractivity contribution in [3.63, 3.8) is 0 Å². The van der Waals surface area contributed by atoms with E-state index in [2.05, 4.69) is 0 Å². The second-order valence-corrected chi connectivity index (χ2v) is 5.56. The van der Waals surface area contributed by atoms with Crippen LogP contribution >= 0.6 is 11.6 Å². The molecule has 2 nitrogen and oxygen atoms in total. The van der Waals surface area contributed by atoms with Crippen molar-refractivity contribution in [2.75, 3.05) is 13.1 Å². The number of hydrogen-bond donors (Lipinski definition) is 0. The minimum Gasteiger partial charge on any atom is -0.342 e. The summed E-state index contributed by atoms with van der Waals surface area (Å²) in [4.78, 5) is 13.7. The molecule has 1 saturated heterocycles. The number of benzene rings is 1. The quantitative estimate of drug-likeness (QED) is 0.766. The first-order chi connectivity index (χ1) is 8.99. The van der Waals surface area contributed by atoms with E-state index in [1.165, 1.54) is 18.2 Å². The summed E-state index contributed by atoms with van der Waals surface area (Å²) in [6.45, 7) is 3.07. The van der Waals surface area contributed by atoms with Gasteiger partial charge >= 0.3 is 0 Å². The van der Waals surface area contributed by atoms with Crippen molar-refractivity contribution >= 4 is 17.5 Å². The molecule has 1 aromatic carbocycles. The van der Waals surface area contributed by atoms with Crippen molar-refractivity contribution in [2.45, 2.75) is 25.1 Å².